The molecule has 0 radical (unpaired) electrons. The first-order valence-corrected chi connectivity index (χ1v) is 5.80. The molecule has 0 aliphatic carbocycles. The third-order valence-corrected chi connectivity index (χ3v) is 2.81. The van der Waals surface area contributed by atoms with E-state index in [2.05, 4.69) is 13.8 Å². The molecule has 66 valence electrons. The predicted octanol–water partition coefficient (Wildman–Crippen LogP) is 2.64. The van der Waals surface area contributed by atoms with E-state index in [1.54, 1.807) is 0 Å². The molecule has 0 bridgehead atoms. The van der Waals surface area contributed by atoms with Crippen molar-refractivity contribution in [1.82, 2.24) is 0 Å². The highest BCUT2D eigenvalue weighted by Crippen LogP contribution is 2.39. The van der Waals surface area contributed by atoms with E-state index in [9.17, 15) is 0 Å². The van der Waals surface area contributed by atoms with Crippen molar-refractivity contribution in [2.75, 3.05) is 19.9 Å². The zero-order valence-corrected chi connectivity index (χ0v) is 8.43. The molecule has 0 spiro atoms. The van der Waals surface area contributed by atoms with Gasteiger partial charge in [0.2, 0.25) is 0 Å². The maximum absolute atomic E-state index is 5.43. The molecule has 1 aliphatic rings. The fourth-order valence-electron chi connectivity index (χ4n) is 1.31. The van der Waals surface area contributed by atoms with Crippen LogP contribution >= 0.6 is 8.38 Å². The Balaban J connectivity index is 2.17. The SMILES string of the molecule is CC(C)CC1COP(C)OC1. The fraction of sp³-hybridized carbons (Fsp3) is 1.00. The van der Waals surface area contributed by atoms with Gasteiger partial charge in [-0.2, -0.15) is 0 Å². The summed E-state index contributed by atoms with van der Waals surface area (Å²) < 4.78 is 10.9. The Morgan fingerprint density at radius 2 is 1.91 bits per heavy atom. The number of hydrogen-bond donors (Lipinski definition) is 0. The van der Waals surface area contributed by atoms with Gasteiger partial charge in [0.15, 0.2) is 8.38 Å². The van der Waals surface area contributed by atoms with E-state index in [0.29, 0.717) is 5.92 Å². The van der Waals surface area contributed by atoms with Gasteiger partial charge in [0.1, 0.15) is 0 Å². The molecule has 0 aromatic rings. The van der Waals surface area contributed by atoms with Gasteiger partial charge < -0.3 is 9.05 Å². The van der Waals surface area contributed by atoms with Gasteiger partial charge in [-0.15, -0.1) is 0 Å². The quantitative estimate of drug-likeness (QED) is 0.602. The molecule has 0 amide bonds. The van der Waals surface area contributed by atoms with Gasteiger partial charge in [-0.1, -0.05) is 13.8 Å². The molecule has 2 nitrogen and oxygen atoms in total. The second-order valence-electron chi connectivity index (χ2n) is 3.53. The third-order valence-electron chi connectivity index (χ3n) is 1.79. The molecule has 0 aromatic heterocycles. The van der Waals surface area contributed by atoms with Crippen LogP contribution in [0.15, 0.2) is 0 Å². The van der Waals surface area contributed by atoms with E-state index in [1.807, 2.05) is 6.66 Å². The van der Waals surface area contributed by atoms with E-state index in [4.69, 9.17) is 9.05 Å². The Morgan fingerprint density at radius 3 is 2.36 bits per heavy atom. The van der Waals surface area contributed by atoms with Crippen molar-refractivity contribution < 1.29 is 9.05 Å². The molecule has 0 atom stereocenters. The van der Waals surface area contributed by atoms with Crippen molar-refractivity contribution in [3.8, 4) is 0 Å². The summed E-state index contributed by atoms with van der Waals surface area (Å²) in [6, 6.07) is 0. The van der Waals surface area contributed by atoms with E-state index in [1.165, 1.54) is 6.42 Å². The molecule has 0 aromatic carbocycles. The summed E-state index contributed by atoms with van der Waals surface area (Å²) in [6.45, 7) is 8.30. The van der Waals surface area contributed by atoms with Gasteiger partial charge in [-0.25, -0.2) is 0 Å². The molecular formula is C8H17O2P. The maximum atomic E-state index is 5.43. The second kappa shape index (κ2) is 4.39. The first-order valence-electron chi connectivity index (χ1n) is 4.18. The molecule has 3 heteroatoms. The van der Waals surface area contributed by atoms with Crippen LogP contribution in [0.25, 0.3) is 0 Å². The largest absolute Gasteiger partial charge is 0.334 e. The van der Waals surface area contributed by atoms with Crippen LogP contribution in [0.1, 0.15) is 20.3 Å². The van der Waals surface area contributed by atoms with Crippen LogP contribution in [0.5, 0.6) is 0 Å². The van der Waals surface area contributed by atoms with Gasteiger partial charge in [0, 0.05) is 12.6 Å². The monoisotopic (exact) mass is 176 g/mol. The zero-order valence-electron chi connectivity index (χ0n) is 7.54. The minimum Gasteiger partial charge on any atom is -0.334 e. The summed E-state index contributed by atoms with van der Waals surface area (Å²) >= 11 is 0. The second-order valence-corrected chi connectivity index (χ2v) is 4.92. The highest BCUT2D eigenvalue weighted by Gasteiger charge is 2.19. The van der Waals surface area contributed by atoms with Crippen molar-refractivity contribution in [2.45, 2.75) is 20.3 Å². The van der Waals surface area contributed by atoms with Crippen LogP contribution in [0.4, 0.5) is 0 Å². The summed E-state index contributed by atoms with van der Waals surface area (Å²) in [6.07, 6.45) is 1.23. The van der Waals surface area contributed by atoms with Crippen LogP contribution in [-0.4, -0.2) is 19.9 Å². The van der Waals surface area contributed by atoms with Gasteiger partial charge in [-0.05, 0) is 12.3 Å². The smallest absolute Gasteiger partial charge is 0.167 e. The Kier molecular flexibility index (Phi) is 3.77. The van der Waals surface area contributed by atoms with Gasteiger partial charge >= 0.3 is 0 Å². The third kappa shape index (κ3) is 3.50. The summed E-state index contributed by atoms with van der Waals surface area (Å²) in [5.74, 6) is 1.39. The van der Waals surface area contributed by atoms with Crippen molar-refractivity contribution in [3.05, 3.63) is 0 Å². The van der Waals surface area contributed by atoms with E-state index >= 15 is 0 Å². The average Bonchev–Trinajstić information content (AvgIpc) is 1.93. The number of rotatable bonds is 2. The van der Waals surface area contributed by atoms with Crippen molar-refractivity contribution >= 4 is 8.38 Å². The molecule has 1 heterocycles. The van der Waals surface area contributed by atoms with Crippen molar-refractivity contribution in [2.24, 2.45) is 11.8 Å². The molecular weight excluding hydrogens is 159 g/mol. The lowest BCUT2D eigenvalue weighted by molar-refractivity contribution is 0.108. The summed E-state index contributed by atoms with van der Waals surface area (Å²) in [5, 5.41) is 0. The molecule has 0 unspecified atom stereocenters. The van der Waals surface area contributed by atoms with Crippen LogP contribution in [0.2, 0.25) is 0 Å². The Morgan fingerprint density at radius 1 is 1.36 bits per heavy atom. The highest BCUT2D eigenvalue weighted by atomic mass is 31.2. The summed E-state index contributed by atoms with van der Waals surface area (Å²) in [7, 11) is -0.543. The Bertz CT molecular complexity index is 109. The number of hydrogen-bond acceptors (Lipinski definition) is 2. The summed E-state index contributed by atoms with van der Waals surface area (Å²) in [5.41, 5.74) is 0. The van der Waals surface area contributed by atoms with Crippen LogP contribution in [0.3, 0.4) is 0 Å². The summed E-state index contributed by atoms with van der Waals surface area (Å²) in [4.78, 5) is 0. The molecule has 1 fully saturated rings. The minimum absolute atomic E-state index is 0.543. The van der Waals surface area contributed by atoms with Gasteiger partial charge in [0.05, 0.1) is 13.2 Å². The average molecular weight is 176 g/mol. The standard InChI is InChI=1S/C8H17O2P/c1-7(2)4-8-5-9-11(3)10-6-8/h7-8H,4-6H2,1-3H3. The fourth-order valence-corrected chi connectivity index (χ4v) is 2.22. The lowest BCUT2D eigenvalue weighted by Gasteiger charge is -2.27. The lowest BCUT2D eigenvalue weighted by atomic mass is 9.99. The predicted molar refractivity (Wildman–Crippen MR) is 47.7 cm³/mol. The topological polar surface area (TPSA) is 18.5 Å². The van der Waals surface area contributed by atoms with E-state index < -0.39 is 8.38 Å². The van der Waals surface area contributed by atoms with Crippen LogP contribution in [-0.2, 0) is 9.05 Å². The maximum Gasteiger partial charge on any atom is 0.167 e. The van der Waals surface area contributed by atoms with Crippen LogP contribution < -0.4 is 0 Å². The first kappa shape index (κ1) is 9.44. The zero-order chi connectivity index (χ0) is 8.27. The lowest BCUT2D eigenvalue weighted by Crippen LogP contribution is -2.20. The highest BCUT2D eigenvalue weighted by molar-refractivity contribution is 7.46. The van der Waals surface area contributed by atoms with Gasteiger partial charge in [-0.3, -0.25) is 0 Å². The van der Waals surface area contributed by atoms with Gasteiger partial charge in [0.25, 0.3) is 0 Å². The molecule has 1 aliphatic heterocycles. The molecule has 0 N–H and O–H groups in total. The minimum atomic E-state index is -0.543. The molecule has 1 saturated heterocycles. The molecule has 11 heavy (non-hydrogen) atoms. The van der Waals surface area contributed by atoms with Crippen molar-refractivity contribution in [3.63, 3.8) is 0 Å². The Labute approximate surface area is 70.2 Å². The van der Waals surface area contributed by atoms with Crippen molar-refractivity contribution in [1.29, 1.82) is 0 Å². The van der Waals surface area contributed by atoms with E-state index in [0.717, 1.165) is 19.1 Å². The van der Waals surface area contributed by atoms with Crippen LogP contribution in [0, 0.1) is 11.8 Å². The normalized spacial score (nSPS) is 32.7. The first-order chi connectivity index (χ1) is 5.18. The molecule has 1 rings (SSSR count). The Hall–Kier alpha value is 0.350. The molecule has 0 saturated carbocycles. The van der Waals surface area contributed by atoms with E-state index in [-0.39, 0.29) is 0 Å².